The van der Waals surface area contributed by atoms with Gasteiger partial charge in [-0.1, -0.05) is 23.5 Å². The Hall–Kier alpha value is -2.48. The smallest absolute Gasteiger partial charge is 0.321 e. The van der Waals surface area contributed by atoms with Crippen LogP contribution in [0.15, 0.2) is 24.3 Å². The number of nitrogens with zero attached hydrogens (tertiary/aromatic N) is 3. The second-order valence-electron chi connectivity index (χ2n) is 5.25. The fourth-order valence-electron chi connectivity index (χ4n) is 2.43. The van der Waals surface area contributed by atoms with Crippen LogP contribution in [0.3, 0.4) is 0 Å². The fourth-order valence-corrected chi connectivity index (χ4v) is 3.01. The van der Waals surface area contributed by atoms with Crippen molar-refractivity contribution in [3.8, 4) is 0 Å². The SMILES string of the molecule is Cc1nnc(NC(=O)NCc2cccc(N3CCCC3=O)c2)s1. The molecule has 0 unspecified atom stereocenters. The van der Waals surface area contributed by atoms with Crippen LogP contribution in [0.2, 0.25) is 0 Å². The van der Waals surface area contributed by atoms with E-state index in [1.54, 1.807) is 4.90 Å². The second-order valence-corrected chi connectivity index (χ2v) is 6.43. The summed E-state index contributed by atoms with van der Waals surface area (Å²) in [6.45, 7) is 2.96. The lowest BCUT2D eigenvalue weighted by Gasteiger charge is -2.16. The van der Waals surface area contributed by atoms with E-state index in [2.05, 4.69) is 20.8 Å². The van der Waals surface area contributed by atoms with E-state index in [1.807, 2.05) is 31.2 Å². The lowest BCUT2D eigenvalue weighted by atomic mass is 10.2. The molecule has 0 spiro atoms. The summed E-state index contributed by atoms with van der Waals surface area (Å²) in [6, 6.07) is 7.32. The van der Waals surface area contributed by atoms with E-state index in [0.29, 0.717) is 18.1 Å². The van der Waals surface area contributed by atoms with Crippen molar-refractivity contribution in [2.24, 2.45) is 0 Å². The number of carbonyl (C=O) groups is 2. The Morgan fingerprint density at radius 3 is 2.96 bits per heavy atom. The van der Waals surface area contributed by atoms with E-state index < -0.39 is 0 Å². The minimum Gasteiger partial charge on any atom is -0.334 e. The molecule has 120 valence electrons. The van der Waals surface area contributed by atoms with Gasteiger partial charge in [-0.2, -0.15) is 0 Å². The van der Waals surface area contributed by atoms with Gasteiger partial charge in [0.05, 0.1) is 0 Å². The van der Waals surface area contributed by atoms with E-state index in [9.17, 15) is 9.59 Å². The lowest BCUT2D eigenvalue weighted by molar-refractivity contribution is -0.117. The Labute approximate surface area is 137 Å². The number of urea groups is 1. The van der Waals surface area contributed by atoms with Gasteiger partial charge in [-0.15, -0.1) is 10.2 Å². The number of amides is 3. The maximum Gasteiger partial charge on any atom is 0.321 e. The molecule has 1 saturated heterocycles. The number of benzene rings is 1. The van der Waals surface area contributed by atoms with Crippen molar-refractivity contribution in [2.45, 2.75) is 26.3 Å². The highest BCUT2D eigenvalue weighted by atomic mass is 32.1. The highest BCUT2D eigenvalue weighted by Crippen LogP contribution is 2.22. The molecule has 2 aromatic rings. The van der Waals surface area contributed by atoms with Crippen LogP contribution in [-0.2, 0) is 11.3 Å². The topological polar surface area (TPSA) is 87.2 Å². The first-order chi connectivity index (χ1) is 11.1. The summed E-state index contributed by atoms with van der Waals surface area (Å²) in [4.78, 5) is 25.4. The summed E-state index contributed by atoms with van der Waals surface area (Å²) in [7, 11) is 0. The molecular formula is C15H17N5O2S. The minimum atomic E-state index is -0.330. The molecule has 7 nitrogen and oxygen atoms in total. The molecule has 1 aromatic heterocycles. The van der Waals surface area contributed by atoms with Gasteiger partial charge in [0.25, 0.3) is 0 Å². The maximum absolute atomic E-state index is 11.8. The number of nitrogens with one attached hydrogen (secondary N) is 2. The zero-order chi connectivity index (χ0) is 16.2. The number of aryl methyl sites for hydroxylation is 1. The molecule has 3 rings (SSSR count). The van der Waals surface area contributed by atoms with Gasteiger partial charge in [0.1, 0.15) is 5.01 Å². The Morgan fingerprint density at radius 1 is 1.39 bits per heavy atom. The molecule has 1 aliphatic heterocycles. The van der Waals surface area contributed by atoms with Crippen molar-refractivity contribution in [3.63, 3.8) is 0 Å². The molecule has 2 heterocycles. The van der Waals surface area contributed by atoms with Gasteiger partial charge in [-0.3, -0.25) is 10.1 Å². The van der Waals surface area contributed by atoms with Crippen LogP contribution in [0, 0.1) is 6.92 Å². The number of hydrogen-bond acceptors (Lipinski definition) is 5. The molecule has 8 heteroatoms. The molecule has 3 amide bonds. The third-order valence-electron chi connectivity index (χ3n) is 3.50. The molecule has 1 fully saturated rings. The number of aromatic nitrogens is 2. The fraction of sp³-hybridized carbons (Fsp3) is 0.333. The van der Waals surface area contributed by atoms with Crippen molar-refractivity contribution >= 4 is 34.1 Å². The van der Waals surface area contributed by atoms with Crippen LogP contribution in [0.1, 0.15) is 23.4 Å². The number of anilines is 2. The van der Waals surface area contributed by atoms with Crippen molar-refractivity contribution in [1.29, 1.82) is 0 Å². The van der Waals surface area contributed by atoms with Gasteiger partial charge < -0.3 is 10.2 Å². The highest BCUT2D eigenvalue weighted by Gasteiger charge is 2.21. The molecule has 23 heavy (non-hydrogen) atoms. The summed E-state index contributed by atoms with van der Waals surface area (Å²) < 4.78 is 0. The summed E-state index contributed by atoms with van der Waals surface area (Å²) in [5.74, 6) is 0.152. The summed E-state index contributed by atoms with van der Waals surface area (Å²) in [5.41, 5.74) is 1.82. The summed E-state index contributed by atoms with van der Waals surface area (Å²) in [6.07, 6.45) is 1.50. The van der Waals surface area contributed by atoms with Crippen LogP contribution >= 0.6 is 11.3 Å². The van der Waals surface area contributed by atoms with E-state index in [-0.39, 0.29) is 11.9 Å². The average molecular weight is 331 g/mol. The average Bonchev–Trinajstić information content (AvgIpc) is 3.14. The molecule has 0 aliphatic carbocycles. The molecule has 0 bridgehead atoms. The summed E-state index contributed by atoms with van der Waals surface area (Å²) >= 11 is 1.32. The molecule has 0 radical (unpaired) electrons. The largest absolute Gasteiger partial charge is 0.334 e. The van der Waals surface area contributed by atoms with Gasteiger partial charge in [0, 0.05) is 25.2 Å². The summed E-state index contributed by atoms with van der Waals surface area (Å²) in [5, 5.41) is 14.4. The second kappa shape index (κ2) is 6.74. The molecule has 2 N–H and O–H groups in total. The zero-order valence-corrected chi connectivity index (χ0v) is 13.5. The quantitative estimate of drug-likeness (QED) is 0.900. The number of hydrogen-bond donors (Lipinski definition) is 2. The molecule has 1 aromatic carbocycles. The molecular weight excluding hydrogens is 314 g/mol. The first-order valence-corrected chi connectivity index (χ1v) is 8.18. The number of carbonyl (C=O) groups excluding carboxylic acids is 2. The zero-order valence-electron chi connectivity index (χ0n) is 12.7. The van der Waals surface area contributed by atoms with Crippen molar-refractivity contribution in [3.05, 3.63) is 34.8 Å². The van der Waals surface area contributed by atoms with E-state index in [0.717, 1.165) is 29.2 Å². The van der Waals surface area contributed by atoms with E-state index in [1.165, 1.54) is 11.3 Å². The third-order valence-corrected chi connectivity index (χ3v) is 4.25. The van der Waals surface area contributed by atoms with Crippen LogP contribution in [0.4, 0.5) is 15.6 Å². The van der Waals surface area contributed by atoms with Crippen molar-refractivity contribution < 1.29 is 9.59 Å². The molecule has 0 atom stereocenters. The van der Waals surface area contributed by atoms with E-state index in [4.69, 9.17) is 0 Å². The maximum atomic E-state index is 11.8. The van der Waals surface area contributed by atoms with E-state index >= 15 is 0 Å². The van der Waals surface area contributed by atoms with Gasteiger partial charge in [-0.25, -0.2) is 4.79 Å². The van der Waals surface area contributed by atoms with Crippen LogP contribution in [-0.4, -0.2) is 28.7 Å². The van der Waals surface area contributed by atoms with Gasteiger partial charge >= 0.3 is 6.03 Å². The Bertz CT molecular complexity index is 730. The van der Waals surface area contributed by atoms with Gasteiger partial charge in [0.2, 0.25) is 11.0 Å². The normalized spacial score (nSPS) is 14.1. The highest BCUT2D eigenvalue weighted by molar-refractivity contribution is 7.15. The standard InChI is InChI=1S/C15H17N5O2S/c1-10-18-19-15(23-10)17-14(22)16-9-11-4-2-5-12(8-11)20-7-3-6-13(20)21/h2,4-5,8H,3,6-7,9H2,1H3,(H2,16,17,19,22). The van der Waals surface area contributed by atoms with Gasteiger partial charge in [-0.05, 0) is 31.0 Å². The molecule has 1 aliphatic rings. The van der Waals surface area contributed by atoms with Crippen LogP contribution in [0.5, 0.6) is 0 Å². The van der Waals surface area contributed by atoms with Crippen molar-refractivity contribution in [1.82, 2.24) is 15.5 Å². The van der Waals surface area contributed by atoms with Gasteiger partial charge in [0.15, 0.2) is 0 Å². The molecule has 0 saturated carbocycles. The lowest BCUT2D eigenvalue weighted by Crippen LogP contribution is -2.28. The van der Waals surface area contributed by atoms with Crippen LogP contribution in [0.25, 0.3) is 0 Å². The third kappa shape index (κ3) is 3.84. The minimum absolute atomic E-state index is 0.152. The predicted octanol–water partition coefficient (Wildman–Crippen LogP) is 2.30. The Morgan fingerprint density at radius 2 is 2.26 bits per heavy atom. The predicted molar refractivity (Wildman–Crippen MR) is 88.5 cm³/mol. The van der Waals surface area contributed by atoms with Crippen molar-refractivity contribution in [2.75, 3.05) is 16.8 Å². The number of rotatable bonds is 4. The first kappa shape index (κ1) is 15.4. The first-order valence-electron chi connectivity index (χ1n) is 7.36. The van der Waals surface area contributed by atoms with Crippen LogP contribution < -0.4 is 15.5 Å². The Balaban J connectivity index is 1.57. The Kier molecular flexibility index (Phi) is 4.52. The monoisotopic (exact) mass is 331 g/mol.